The van der Waals surface area contributed by atoms with E-state index in [1.165, 1.54) is 0 Å². The van der Waals surface area contributed by atoms with Gasteiger partial charge in [0.25, 0.3) is 5.91 Å². The van der Waals surface area contributed by atoms with E-state index in [2.05, 4.69) is 10.4 Å². The summed E-state index contributed by atoms with van der Waals surface area (Å²) in [6.07, 6.45) is 0. The molecule has 0 saturated carbocycles. The zero-order valence-electron chi connectivity index (χ0n) is 19.2. The van der Waals surface area contributed by atoms with Crippen LogP contribution in [-0.4, -0.2) is 28.8 Å². The topological polar surface area (TPSA) is 133 Å². The van der Waals surface area contributed by atoms with E-state index < -0.39 is 5.91 Å². The second-order valence-corrected chi connectivity index (χ2v) is 8.52. The van der Waals surface area contributed by atoms with Gasteiger partial charge in [-0.2, -0.15) is 5.10 Å². The smallest absolute Gasteiger partial charge is 0.257 e. The van der Waals surface area contributed by atoms with E-state index in [-0.39, 0.29) is 5.96 Å². The standard InChI is InChI=1S/C25H23Cl2N7O2/c1-36-19-9-6-16(7-10-19)23-13-22(18-8-11-20(26)21(27)12-18)32-34(23)14-15-2-4-17(5-3-15)24(35)30-25(28)31-33-29/h2-13,33H,14,29H2,1H3,(H3,28,30,31,35). The number of hydrogen-bond acceptors (Lipinski definition) is 6. The summed E-state index contributed by atoms with van der Waals surface area (Å²) < 4.78 is 7.19. The van der Waals surface area contributed by atoms with Gasteiger partial charge in [-0.3, -0.25) is 14.8 Å². The van der Waals surface area contributed by atoms with E-state index in [4.69, 9.17) is 44.6 Å². The third-order valence-corrected chi connectivity index (χ3v) is 6.10. The number of nitrogens with zero attached hydrogens (tertiary/aromatic N) is 3. The molecule has 4 aromatic rings. The Morgan fingerprint density at radius 2 is 1.69 bits per heavy atom. The van der Waals surface area contributed by atoms with Crippen molar-refractivity contribution in [1.29, 1.82) is 0 Å². The van der Waals surface area contributed by atoms with Gasteiger partial charge in [-0.25, -0.2) is 11.4 Å². The first-order valence-electron chi connectivity index (χ1n) is 10.7. The van der Waals surface area contributed by atoms with Crippen molar-refractivity contribution in [2.75, 3.05) is 7.11 Å². The predicted octanol–water partition coefficient (Wildman–Crippen LogP) is 4.00. The van der Waals surface area contributed by atoms with Crippen LogP contribution >= 0.6 is 23.2 Å². The van der Waals surface area contributed by atoms with Gasteiger partial charge in [0, 0.05) is 16.7 Å². The largest absolute Gasteiger partial charge is 0.497 e. The first-order valence-corrected chi connectivity index (χ1v) is 11.5. The number of benzene rings is 3. The third-order valence-electron chi connectivity index (χ3n) is 5.36. The van der Waals surface area contributed by atoms with Crippen molar-refractivity contribution >= 4 is 35.1 Å². The average Bonchev–Trinajstić information content (AvgIpc) is 3.30. The zero-order chi connectivity index (χ0) is 25.7. The molecule has 3 aromatic carbocycles. The van der Waals surface area contributed by atoms with Gasteiger partial charge < -0.3 is 10.5 Å². The molecule has 1 heterocycles. The highest BCUT2D eigenvalue weighted by atomic mass is 35.5. The Morgan fingerprint density at radius 3 is 2.33 bits per heavy atom. The van der Waals surface area contributed by atoms with Gasteiger partial charge in [0.2, 0.25) is 5.96 Å². The van der Waals surface area contributed by atoms with Crippen LogP contribution in [-0.2, 0) is 6.54 Å². The highest BCUT2D eigenvalue weighted by molar-refractivity contribution is 6.42. The van der Waals surface area contributed by atoms with Crippen molar-refractivity contribution in [3.05, 3.63) is 94.0 Å². The highest BCUT2D eigenvalue weighted by Gasteiger charge is 2.14. The van der Waals surface area contributed by atoms with Crippen LogP contribution in [0.4, 0.5) is 0 Å². The van der Waals surface area contributed by atoms with Crippen molar-refractivity contribution in [3.63, 3.8) is 0 Å². The van der Waals surface area contributed by atoms with E-state index in [1.807, 2.05) is 58.7 Å². The second kappa shape index (κ2) is 11.1. The van der Waals surface area contributed by atoms with Crippen molar-refractivity contribution < 1.29 is 9.53 Å². The van der Waals surface area contributed by atoms with Crippen LogP contribution in [0.2, 0.25) is 10.0 Å². The van der Waals surface area contributed by atoms with Crippen molar-refractivity contribution in [1.82, 2.24) is 20.6 Å². The molecular formula is C25H23Cl2N7O2. The van der Waals surface area contributed by atoms with Crippen molar-refractivity contribution in [3.8, 4) is 28.3 Å². The maximum absolute atomic E-state index is 12.3. The van der Waals surface area contributed by atoms with E-state index in [0.717, 1.165) is 33.8 Å². The molecule has 0 atom stereocenters. The number of hydrogen-bond donors (Lipinski definition) is 4. The summed E-state index contributed by atoms with van der Waals surface area (Å²) in [5, 5.41) is 11.7. The number of ether oxygens (including phenoxy) is 1. The highest BCUT2D eigenvalue weighted by Crippen LogP contribution is 2.31. The van der Waals surface area contributed by atoms with Crippen LogP contribution in [0.1, 0.15) is 15.9 Å². The first kappa shape index (κ1) is 25.1. The van der Waals surface area contributed by atoms with Gasteiger partial charge in [0.1, 0.15) is 5.75 Å². The molecule has 4 rings (SSSR count). The van der Waals surface area contributed by atoms with Gasteiger partial charge >= 0.3 is 0 Å². The van der Waals surface area contributed by atoms with Crippen LogP contribution < -0.4 is 27.2 Å². The second-order valence-electron chi connectivity index (χ2n) is 7.71. The number of hydrazone groups is 1. The molecule has 0 unspecified atom stereocenters. The Kier molecular flexibility index (Phi) is 7.74. The maximum atomic E-state index is 12.3. The Bertz CT molecular complexity index is 1400. The van der Waals surface area contributed by atoms with Gasteiger partial charge in [0.15, 0.2) is 0 Å². The summed E-state index contributed by atoms with van der Waals surface area (Å²) in [6, 6.07) is 22.2. The molecule has 0 bridgehead atoms. The first-order chi connectivity index (χ1) is 17.4. The lowest BCUT2D eigenvalue weighted by Gasteiger charge is -2.10. The summed E-state index contributed by atoms with van der Waals surface area (Å²) in [5.41, 5.74) is 12.4. The van der Waals surface area contributed by atoms with Crippen molar-refractivity contribution in [2.24, 2.45) is 16.7 Å². The quantitative estimate of drug-likeness (QED) is 0.125. The van der Waals surface area contributed by atoms with Crippen LogP contribution in [0.25, 0.3) is 22.5 Å². The summed E-state index contributed by atoms with van der Waals surface area (Å²) in [6.45, 7) is 0.464. The fraction of sp³-hybridized carbons (Fsp3) is 0.0800. The molecule has 0 aliphatic heterocycles. The summed E-state index contributed by atoms with van der Waals surface area (Å²) in [4.78, 5) is 12.3. The number of halogens is 2. The molecule has 9 nitrogen and oxygen atoms in total. The molecule has 36 heavy (non-hydrogen) atoms. The number of hydrazine groups is 1. The van der Waals surface area contributed by atoms with Gasteiger partial charge in [-0.15, -0.1) is 5.10 Å². The molecule has 184 valence electrons. The Morgan fingerprint density at radius 1 is 1.00 bits per heavy atom. The Hall–Kier alpha value is -4.05. The molecule has 1 amide bonds. The minimum atomic E-state index is -0.405. The fourth-order valence-corrected chi connectivity index (χ4v) is 3.85. The zero-order valence-corrected chi connectivity index (χ0v) is 20.7. The lowest BCUT2D eigenvalue weighted by Crippen LogP contribution is -2.39. The number of nitrogens with two attached hydrogens (primary N) is 2. The third kappa shape index (κ3) is 5.77. The normalized spacial score (nSPS) is 11.3. The number of nitrogens with one attached hydrogen (secondary N) is 2. The Balaban J connectivity index is 1.65. The van der Waals surface area contributed by atoms with E-state index in [0.29, 0.717) is 22.2 Å². The SMILES string of the molecule is COc1ccc(-c2cc(-c3ccc(Cl)c(Cl)c3)nn2Cc2ccc(C(=O)N/C(N)=N/NN)cc2)cc1. The van der Waals surface area contributed by atoms with Crippen molar-refractivity contribution in [2.45, 2.75) is 6.54 Å². The van der Waals surface area contributed by atoms with E-state index in [1.54, 1.807) is 31.4 Å². The minimum absolute atomic E-state index is 0.137. The lowest BCUT2D eigenvalue weighted by atomic mass is 10.1. The molecular weight excluding hydrogens is 501 g/mol. The number of rotatable bonds is 7. The molecule has 0 spiro atoms. The van der Waals surface area contributed by atoms with Crippen LogP contribution in [0.3, 0.4) is 0 Å². The van der Waals surface area contributed by atoms with E-state index >= 15 is 0 Å². The molecule has 0 aliphatic rings. The molecule has 6 N–H and O–H groups in total. The number of carbonyl (C=O) groups excluding carboxylic acids is 1. The van der Waals surface area contributed by atoms with Gasteiger partial charge in [-0.1, -0.05) is 41.4 Å². The molecule has 1 aromatic heterocycles. The monoisotopic (exact) mass is 523 g/mol. The maximum Gasteiger partial charge on any atom is 0.257 e. The van der Waals surface area contributed by atoms with Crippen LogP contribution in [0.15, 0.2) is 77.9 Å². The van der Waals surface area contributed by atoms with Gasteiger partial charge in [0.05, 0.1) is 35.1 Å². The fourth-order valence-electron chi connectivity index (χ4n) is 3.55. The molecule has 0 aliphatic carbocycles. The summed E-state index contributed by atoms with van der Waals surface area (Å²) >= 11 is 12.3. The number of carbonyl (C=O) groups is 1. The average molecular weight is 524 g/mol. The number of aromatic nitrogens is 2. The van der Waals surface area contributed by atoms with Crippen LogP contribution in [0.5, 0.6) is 5.75 Å². The number of amides is 1. The van der Waals surface area contributed by atoms with Crippen LogP contribution in [0, 0.1) is 0 Å². The molecule has 0 fully saturated rings. The van der Waals surface area contributed by atoms with E-state index in [9.17, 15) is 4.79 Å². The Labute approximate surface area is 217 Å². The predicted molar refractivity (Wildman–Crippen MR) is 142 cm³/mol. The number of methoxy groups -OCH3 is 1. The molecule has 0 radical (unpaired) electrons. The molecule has 0 saturated heterocycles. The summed E-state index contributed by atoms with van der Waals surface area (Å²) in [7, 11) is 1.63. The van der Waals surface area contributed by atoms with Gasteiger partial charge in [-0.05, 0) is 60.2 Å². The summed E-state index contributed by atoms with van der Waals surface area (Å²) in [5.74, 6) is 5.28. The molecule has 11 heteroatoms. The lowest BCUT2D eigenvalue weighted by molar-refractivity contribution is 0.0976. The minimum Gasteiger partial charge on any atom is -0.497 e. The number of guanidine groups is 1.